The largest absolute Gasteiger partial charge is 0.464 e. The van der Waals surface area contributed by atoms with Crippen molar-refractivity contribution in [3.63, 3.8) is 0 Å². The van der Waals surface area contributed by atoms with Crippen LogP contribution in [0.5, 0.6) is 0 Å². The van der Waals surface area contributed by atoms with Crippen molar-refractivity contribution >= 4 is 17.9 Å². The normalized spacial score (nSPS) is 11.8. The van der Waals surface area contributed by atoms with E-state index in [1.54, 1.807) is 20.9 Å². The third kappa shape index (κ3) is 3.61. The SMILES string of the molecule is CCOC(=O)C(C)Nc1nc(NC)nc(-n2cncn2)n1. The number of anilines is 2. The minimum atomic E-state index is -0.583. The highest BCUT2D eigenvalue weighted by atomic mass is 16.5. The second kappa shape index (κ2) is 6.59. The summed E-state index contributed by atoms with van der Waals surface area (Å²) in [6, 6.07) is -0.583. The average Bonchev–Trinajstić information content (AvgIpc) is 3.01. The van der Waals surface area contributed by atoms with Gasteiger partial charge in [0.15, 0.2) is 0 Å². The Morgan fingerprint density at radius 3 is 2.76 bits per heavy atom. The molecule has 10 nitrogen and oxygen atoms in total. The van der Waals surface area contributed by atoms with E-state index in [4.69, 9.17) is 4.74 Å². The van der Waals surface area contributed by atoms with Crippen molar-refractivity contribution < 1.29 is 9.53 Å². The molecule has 0 radical (unpaired) electrons. The molecule has 0 spiro atoms. The Hall–Kier alpha value is -2.78. The molecule has 0 aliphatic rings. The smallest absolute Gasteiger partial charge is 0.328 e. The van der Waals surface area contributed by atoms with Crippen molar-refractivity contribution in [3.05, 3.63) is 12.7 Å². The van der Waals surface area contributed by atoms with E-state index in [2.05, 4.69) is 35.7 Å². The van der Waals surface area contributed by atoms with Gasteiger partial charge in [0.05, 0.1) is 6.61 Å². The van der Waals surface area contributed by atoms with E-state index >= 15 is 0 Å². The van der Waals surface area contributed by atoms with Crippen LogP contribution in [0.15, 0.2) is 12.7 Å². The lowest BCUT2D eigenvalue weighted by Gasteiger charge is -2.13. The van der Waals surface area contributed by atoms with E-state index < -0.39 is 6.04 Å². The molecule has 112 valence electrons. The van der Waals surface area contributed by atoms with E-state index in [9.17, 15) is 4.79 Å². The van der Waals surface area contributed by atoms with E-state index in [1.165, 1.54) is 17.3 Å². The van der Waals surface area contributed by atoms with Gasteiger partial charge in [-0.05, 0) is 13.8 Å². The van der Waals surface area contributed by atoms with E-state index in [1.807, 2.05) is 0 Å². The van der Waals surface area contributed by atoms with Gasteiger partial charge in [0.1, 0.15) is 18.7 Å². The maximum Gasteiger partial charge on any atom is 0.328 e. The van der Waals surface area contributed by atoms with Crippen LogP contribution in [0.25, 0.3) is 5.95 Å². The molecule has 0 aromatic carbocycles. The van der Waals surface area contributed by atoms with Gasteiger partial charge >= 0.3 is 5.97 Å². The minimum absolute atomic E-state index is 0.236. The second-order valence-electron chi connectivity index (χ2n) is 3.99. The lowest BCUT2D eigenvalue weighted by atomic mass is 10.3. The minimum Gasteiger partial charge on any atom is -0.464 e. The van der Waals surface area contributed by atoms with Gasteiger partial charge in [-0.15, -0.1) is 0 Å². The molecule has 0 fully saturated rings. The molecule has 0 aliphatic carbocycles. The van der Waals surface area contributed by atoms with Gasteiger partial charge in [0.2, 0.25) is 11.9 Å². The monoisotopic (exact) mass is 292 g/mol. The molecule has 0 aliphatic heterocycles. The zero-order valence-electron chi connectivity index (χ0n) is 11.9. The Morgan fingerprint density at radius 2 is 2.14 bits per heavy atom. The first-order valence-electron chi connectivity index (χ1n) is 6.36. The summed E-state index contributed by atoms with van der Waals surface area (Å²) in [5.74, 6) is 0.478. The number of carbonyl (C=O) groups excluding carboxylic acids is 1. The number of nitrogens with zero attached hydrogens (tertiary/aromatic N) is 6. The first-order chi connectivity index (χ1) is 10.1. The van der Waals surface area contributed by atoms with Gasteiger partial charge in [-0.1, -0.05) is 0 Å². The van der Waals surface area contributed by atoms with Crippen LogP contribution < -0.4 is 10.6 Å². The number of ether oxygens (including phenoxy) is 1. The van der Waals surface area contributed by atoms with Crippen molar-refractivity contribution in [1.82, 2.24) is 29.7 Å². The van der Waals surface area contributed by atoms with Crippen molar-refractivity contribution in [2.24, 2.45) is 0 Å². The topological polar surface area (TPSA) is 120 Å². The summed E-state index contributed by atoms with van der Waals surface area (Å²) in [5.41, 5.74) is 0. The molecule has 0 amide bonds. The van der Waals surface area contributed by atoms with Crippen LogP contribution in [-0.2, 0) is 9.53 Å². The van der Waals surface area contributed by atoms with Crippen molar-refractivity contribution in [1.29, 1.82) is 0 Å². The average molecular weight is 292 g/mol. The Bertz CT molecular complexity index is 600. The molecule has 21 heavy (non-hydrogen) atoms. The summed E-state index contributed by atoms with van der Waals surface area (Å²) in [5, 5.41) is 9.63. The number of carbonyl (C=O) groups is 1. The second-order valence-corrected chi connectivity index (χ2v) is 3.99. The molecule has 0 saturated heterocycles. The number of nitrogens with one attached hydrogen (secondary N) is 2. The van der Waals surface area contributed by atoms with Crippen LogP contribution in [0, 0.1) is 0 Å². The predicted octanol–water partition coefficient (Wildman–Crippen LogP) is -0.143. The molecule has 2 heterocycles. The molecular formula is C11H16N8O2. The van der Waals surface area contributed by atoms with E-state index in [-0.39, 0.29) is 17.9 Å². The summed E-state index contributed by atoms with van der Waals surface area (Å²) >= 11 is 0. The van der Waals surface area contributed by atoms with Crippen LogP contribution in [0.3, 0.4) is 0 Å². The zero-order chi connectivity index (χ0) is 15.2. The van der Waals surface area contributed by atoms with Crippen LogP contribution in [0.4, 0.5) is 11.9 Å². The third-order valence-corrected chi connectivity index (χ3v) is 2.46. The summed E-state index contributed by atoms with van der Waals surface area (Å²) in [7, 11) is 1.68. The summed E-state index contributed by atoms with van der Waals surface area (Å²) in [4.78, 5) is 27.9. The van der Waals surface area contributed by atoms with Crippen molar-refractivity contribution in [2.45, 2.75) is 19.9 Å². The molecule has 2 aromatic rings. The standard InChI is InChI=1S/C11H16N8O2/c1-4-21-8(20)7(2)15-10-16-9(12-3)17-11(18-10)19-6-13-5-14-19/h5-7H,4H2,1-3H3,(H2,12,15,16,17,18). The first kappa shape index (κ1) is 14.6. The van der Waals surface area contributed by atoms with E-state index in [0.29, 0.717) is 12.6 Å². The Kier molecular flexibility index (Phi) is 4.59. The fourth-order valence-corrected chi connectivity index (χ4v) is 1.47. The summed E-state index contributed by atoms with van der Waals surface area (Å²) in [6.07, 6.45) is 2.84. The van der Waals surface area contributed by atoms with E-state index in [0.717, 1.165) is 0 Å². The maximum absolute atomic E-state index is 11.6. The first-order valence-corrected chi connectivity index (χ1v) is 6.36. The van der Waals surface area contributed by atoms with Crippen LogP contribution >= 0.6 is 0 Å². The molecule has 2 aromatic heterocycles. The van der Waals surface area contributed by atoms with Crippen LogP contribution in [-0.4, -0.2) is 55.4 Å². The highest BCUT2D eigenvalue weighted by Crippen LogP contribution is 2.09. The van der Waals surface area contributed by atoms with Crippen molar-refractivity contribution in [2.75, 3.05) is 24.3 Å². The maximum atomic E-state index is 11.6. The number of esters is 1. The van der Waals surface area contributed by atoms with Gasteiger partial charge in [-0.25, -0.2) is 9.78 Å². The van der Waals surface area contributed by atoms with Gasteiger partial charge in [0, 0.05) is 7.05 Å². The van der Waals surface area contributed by atoms with Gasteiger partial charge in [0.25, 0.3) is 5.95 Å². The highest BCUT2D eigenvalue weighted by Gasteiger charge is 2.16. The Labute approximate surface area is 121 Å². The Morgan fingerprint density at radius 1 is 1.38 bits per heavy atom. The predicted molar refractivity (Wildman–Crippen MR) is 74.0 cm³/mol. The molecule has 1 unspecified atom stereocenters. The highest BCUT2D eigenvalue weighted by molar-refractivity contribution is 5.78. The molecule has 2 rings (SSSR count). The fourth-order valence-electron chi connectivity index (χ4n) is 1.47. The van der Waals surface area contributed by atoms with Crippen LogP contribution in [0.1, 0.15) is 13.8 Å². The zero-order valence-corrected chi connectivity index (χ0v) is 11.9. The van der Waals surface area contributed by atoms with Gasteiger partial charge in [-0.2, -0.15) is 24.7 Å². The molecule has 0 saturated carbocycles. The van der Waals surface area contributed by atoms with Gasteiger partial charge < -0.3 is 15.4 Å². The molecular weight excluding hydrogens is 276 g/mol. The molecule has 2 N–H and O–H groups in total. The number of hydrogen-bond donors (Lipinski definition) is 2. The molecule has 10 heteroatoms. The molecule has 0 bridgehead atoms. The number of rotatable bonds is 6. The lowest BCUT2D eigenvalue weighted by Crippen LogP contribution is -2.29. The van der Waals surface area contributed by atoms with Gasteiger partial charge in [-0.3, -0.25) is 0 Å². The summed E-state index contributed by atoms with van der Waals surface area (Å²) < 4.78 is 6.31. The lowest BCUT2D eigenvalue weighted by molar-refractivity contribution is -0.143. The number of aromatic nitrogens is 6. The van der Waals surface area contributed by atoms with Crippen molar-refractivity contribution in [3.8, 4) is 5.95 Å². The number of hydrogen-bond acceptors (Lipinski definition) is 9. The summed E-state index contributed by atoms with van der Waals surface area (Å²) in [6.45, 7) is 3.72. The molecule has 1 atom stereocenters. The quantitative estimate of drug-likeness (QED) is 0.700. The fraction of sp³-hybridized carbons (Fsp3) is 0.455. The third-order valence-electron chi connectivity index (χ3n) is 2.46. The van der Waals surface area contributed by atoms with Crippen LogP contribution in [0.2, 0.25) is 0 Å². The Balaban J connectivity index is 2.23.